The number of carbonyl (C=O) groups is 1. The Morgan fingerprint density at radius 2 is 2.05 bits per heavy atom. The van der Waals surface area contributed by atoms with Gasteiger partial charge in [0, 0.05) is 12.6 Å². The van der Waals surface area contributed by atoms with Gasteiger partial charge in [0.15, 0.2) is 11.5 Å². The van der Waals surface area contributed by atoms with Crippen molar-refractivity contribution in [2.75, 3.05) is 20.3 Å². The molecule has 0 saturated carbocycles. The van der Waals surface area contributed by atoms with Gasteiger partial charge in [-0.05, 0) is 38.0 Å². The maximum atomic E-state index is 10.9. The largest absolute Gasteiger partial charge is 0.493 e. The molecule has 0 saturated heterocycles. The molecule has 1 aromatic rings. The van der Waals surface area contributed by atoms with Gasteiger partial charge in [-0.15, -0.1) is 0 Å². The topological polar surface area (TPSA) is 59.0 Å². The fraction of sp³-hybridized carbons (Fsp3) is 0.588. The molecule has 0 amide bonds. The lowest BCUT2D eigenvalue weighted by Crippen LogP contribution is -2.35. The Hall–Kier alpha value is -1.75. The number of hydrogen-bond donors (Lipinski definition) is 1. The summed E-state index contributed by atoms with van der Waals surface area (Å²) in [5, 5.41) is 8.99. The minimum Gasteiger partial charge on any atom is -0.493 e. The van der Waals surface area contributed by atoms with Gasteiger partial charge in [0.2, 0.25) is 0 Å². The van der Waals surface area contributed by atoms with Crippen molar-refractivity contribution in [3.63, 3.8) is 0 Å². The number of methoxy groups -OCH3 is 1. The Bertz CT molecular complexity index is 474. The van der Waals surface area contributed by atoms with Crippen molar-refractivity contribution in [3.8, 4) is 11.5 Å². The number of hydrogen-bond acceptors (Lipinski definition) is 4. The van der Waals surface area contributed by atoms with Crippen LogP contribution in [0.4, 0.5) is 0 Å². The van der Waals surface area contributed by atoms with E-state index in [1.165, 1.54) is 0 Å². The van der Waals surface area contributed by atoms with Crippen molar-refractivity contribution >= 4 is 5.97 Å². The molecule has 1 N–H and O–H groups in total. The highest BCUT2D eigenvalue weighted by molar-refractivity contribution is 5.69. The van der Waals surface area contributed by atoms with E-state index in [-0.39, 0.29) is 12.6 Å². The van der Waals surface area contributed by atoms with E-state index >= 15 is 0 Å². The van der Waals surface area contributed by atoms with E-state index in [4.69, 9.17) is 14.6 Å². The molecule has 0 unspecified atom stereocenters. The number of ether oxygens (including phenoxy) is 2. The molecule has 0 aliphatic heterocycles. The maximum Gasteiger partial charge on any atom is 0.317 e. The summed E-state index contributed by atoms with van der Waals surface area (Å²) in [6, 6.07) is 5.92. The van der Waals surface area contributed by atoms with Crippen LogP contribution >= 0.6 is 0 Å². The Balaban J connectivity index is 2.80. The Kier molecular flexibility index (Phi) is 7.74. The molecule has 0 atom stereocenters. The van der Waals surface area contributed by atoms with Crippen LogP contribution in [0.15, 0.2) is 18.2 Å². The minimum atomic E-state index is -0.819. The molecule has 0 spiro atoms. The fourth-order valence-electron chi connectivity index (χ4n) is 2.09. The van der Waals surface area contributed by atoms with Crippen molar-refractivity contribution in [1.29, 1.82) is 0 Å². The first-order chi connectivity index (χ1) is 10.5. The van der Waals surface area contributed by atoms with Crippen molar-refractivity contribution in [2.45, 2.75) is 46.2 Å². The minimum absolute atomic E-state index is 0.0226. The van der Waals surface area contributed by atoms with Crippen LogP contribution in [0.25, 0.3) is 0 Å². The lowest BCUT2D eigenvalue weighted by molar-refractivity contribution is -0.138. The molecule has 1 rings (SSSR count). The molecule has 0 fully saturated rings. The van der Waals surface area contributed by atoms with E-state index < -0.39 is 5.97 Å². The molecule has 5 nitrogen and oxygen atoms in total. The SMILES string of the molecule is CCCCOc1ccc(CN(CC(=O)O)C(C)C)cc1OC. The Labute approximate surface area is 132 Å². The van der Waals surface area contributed by atoms with Gasteiger partial charge in [0.1, 0.15) is 0 Å². The third-order valence-electron chi connectivity index (χ3n) is 3.44. The monoisotopic (exact) mass is 309 g/mol. The fourth-order valence-corrected chi connectivity index (χ4v) is 2.09. The summed E-state index contributed by atoms with van der Waals surface area (Å²) < 4.78 is 11.1. The number of benzene rings is 1. The number of aliphatic carboxylic acids is 1. The summed E-state index contributed by atoms with van der Waals surface area (Å²) in [7, 11) is 1.61. The van der Waals surface area contributed by atoms with Crippen LogP contribution in [0.1, 0.15) is 39.2 Å². The van der Waals surface area contributed by atoms with Crippen LogP contribution in [0, 0.1) is 0 Å². The average Bonchev–Trinajstić information content (AvgIpc) is 2.47. The zero-order valence-electron chi connectivity index (χ0n) is 14.0. The predicted octanol–water partition coefficient (Wildman–Crippen LogP) is 3.17. The highest BCUT2D eigenvalue weighted by atomic mass is 16.5. The van der Waals surface area contributed by atoms with E-state index in [0.717, 1.165) is 24.2 Å². The van der Waals surface area contributed by atoms with Crippen LogP contribution in [0.3, 0.4) is 0 Å². The van der Waals surface area contributed by atoms with Gasteiger partial charge < -0.3 is 14.6 Å². The standard InChI is InChI=1S/C17H27NO4/c1-5-6-9-22-15-8-7-14(10-16(15)21-4)11-18(13(2)3)12-17(19)20/h7-8,10,13H,5-6,9,11-12H2,1-4H3,(H,19,20). The van der Waals surface area contributed by atoms with E-state index in [1.54, 1.807) is 7.11 Å². The van der Waals surface area contributed by atoms with Crippen LogP contribution in [-0.2, 0) is 11.3 Å². The second-order valence-corrected chi connectivity index (χ2v) is 5.58. The van der Waals surface area contributed by atoms with Gasteiger partial charge in [-0.3, -0.25) is 9.69 Å². The van der Waals surface area contributed by atoms with Gasteiger partial charge >= 0.3 is 5.97 Å². The highest BCUT2D eigenvalue weighted by Crippen LogP contribution is 2.29. The lowest BCUT2D eigenvalue weighted by Gasteiger charge is -2.25. The Morgan fingerprint density at radius 3 is 2.59 bits per heavy atom. The summed E-state index contributed by atoms with van der Waals surface area (Å²) in [6.45, 7) is 7.35. The maximum absolute atomic E-state index is 10.9. The van der Waals surface area contributed by atoms with Gasteiger partial charge in [-0.1, -0.05) is 19.4 Å². The zero-order chi connectivity index (χ0) is 16.5. The van der Waals surface area contributed by atoms with Crippen molar-refractivity contribution in [2.24, 2.45) is 0 Å². The molecule has 5 heteroatoms. The smallest absolute Gasteiger partial charge is 0.317 e. The van der Waals surface area contributed by atoms with Crippen LogP contribution in [0.5, 0.6) is 11.5 Å². The van der Waals surface area contributed by atoms with Crippen molar-refractivity contribution < 1.29 is 19.4 Å². The molecular formula is C17H27NO4. The van der Waals surface area contributed by atoms with E-state index in [2.05, 4.69) is 6.92 Å². The number of carboxylic acid groups (broad SMARTS) is 1. The van der Waals surface area contributed by atoms with Crippen LogP contribution < -0.4 is 9.47 Å². The number of unbranched alkanes of at least 4 members (excludes halogenated alkanes) is 1. The van der Waals surface area contributed by atoms with E-state index in [0.29, 0.717) is 18.9 Å². The Morgan fingerprint density at radius 1 is 1.32 bits per heavy atom. The molecule has 22 heavy (non-hydrogen) atoms. The molecule has 0 radical (unpaired) electrons. The highest BCUT2D eigenvalue weighted by Gasteiger charge is 2.15. The summed E-state index contributed by atoms with van der Waals surface area (Å²) in [6.07, 6.45) is 2.09. The van der Waals surface area contributed by atoms with E-state index in [1.807, 2.05) is 36.9 Å². The van der Waals surface area contributed by atoms with Gasteiger partial charge in [-0.2, -0.15) is 0 Å². The molecule has 0 bridgehead atoms. The first-order valence-corrected chi connectivity index (χ1v) is 7.73. The van der Waals surface area contributed by atoms with E-state index in [9.17, 15) is 4.79 Å². The molecule has 0 aliphatic carbocycles. The third kappa shape index (κ3) is 5.93. The number of nitrogens with zero attached hydrogens (tertiary/aromatic N) is 1. The normalized spacial score (nSPS) is 11.0. The summed E-state index contributed by atoms with van der Waals surface area (Å²) in [4.78, 5) is 12.8. The van der Waals surface area contributed by atoms with Gasteiger partial charge in [0.05, 0.1) is 20.3 Å². The molecule has 1 aromatic carbocycles. The van der Waals surface area contributed by atoms with Crippen LogP contribution in [0.2, 0.25) is 0 Å². The van der Waals surface area contributed by atoms with Crippen molar-refractivity contribution in [1.82, 2.24) is 4.90 Å². The van der Waals surface area contributed by atoms with Crippen LogP contribution in [-0.4, -0.2) is 42.3 Å². The second kappa shape index (κ2) is 9.30. The van der Waals surface area contributed by atoms with Gasteiger partial charge in [0.25, 0.3) is 0 Å². The second-order valence-electron chi connectivity index (χ2n) is 5.58. The summed E-state index contributed by atoms with van der Waals surface area (Å²) >= 11 is 0. The van der Waals surface area contributed by atoms with Crippen molar-refractivity contribution in [3.05, 3.63) is 23.8 Å². The summed E-state index contributed by atoms with van der Waals surface area (Å²) in [5.41, 5.74) is 1.01. The predicted molar refractivity (Wildman–Crippen MR) is 86.6 cm³/mol. The quantitative estimate of drug-likeness (QED) is 0.673. The molecular weight excluding hydrogens is 282 g/mol. The third-order valence-corrected chi connectivity index (χ3v) is 3.44. The first kappa shape index (κ1) is 18.3. The first-order valence-electron chi connectivity index (χ1n) is 7.73. The molecule has 0 aromatic heterocycles. The number of carboxylic acids is 1. The average molecular weight is 309 g/mol. The number of rotatable bonds is 10. The molecule has 0 aliphatic rings. The lowest BCUT2D eigenvalue weighted by atomic mass is 10.1. The zero-order valence-corrected chi connectivity index (χ0v) is 14.0. The van der Waals surface area contributed by atoms with Gasteiger partial charge in [-0.25, -0.2) is 0 Å². The molecule has 124 valence electrons. The molecule has 0 heterocycles. The summed E-state index contributed by atoms with van der Waals surface area (Å²) in [5.74, 6) is 0.599.